The Morgan fingerprint density at radius 3 is 1.29 bits per heavy atom. The third-order valence-electron chi connectivity index (χ3n) is 3.99. The minimum Gasteiger partial charge on any atom is -0.759 e. The maximum Gasteiger partial charge on any atom is 1.00 e. The zero-order valence-corrected chi connectivity index (χ0v) is 26.4. The van der Waals surface area contributed by atoms with E-state index in [-0.39, 0.29) is 65.7 Å². The van der Waals surface area contributed by atoms with E-state index in [0.29, 0.717) is 78.6 Å². The molecular weight excluding hydrogens is 494 g/mol. The molecule has 1 N–H and O–H groups in total. The molecule has 0 saturated carbocycles. The van der Waals surface area contributed by atoms with Gasteiger partial charge in [0.1, 0.15) is 0 Å². The fourth-order valence-corrected chi connectivity index (χ4v) is 2.31. The van der Waals surface area contributed by atoms with Crippen molar-refractivity contribution in [2.45, 2.75) is 39.5 Å². The summed E-state index contributed by atoms with van der Waals surface area (Å²) in [7, 11) is -5.17. The molecule has 0 aliphatic heterocycles. The summed E-state index contributed by atoms with van der Waals surface area (Å²) < 4.78 is 66.5. The van der Waals surface area contributed by atoms with E-state index in [1.165, 1.54) is 25.7 Å². The Labute approximate surface area is 250 Å². The molecule has 0 bridgehead atoms. The Balaban J connectivity index is -0.000000578. The first kappa shape index (κ1) is 42.7. The van der Waals surface area contributed by atoms with E-state index in [9.17, 15) is 0 Å². The normalized spacial score (nSPS) is 11.7. The SMILES string of the molecule is CCCCC(CC)COCCOCCOCCOCCOCCOCCO.O=S(=O)([O-])[O-].[Na+].[Na+]. The molecule has 1 atom stereocenters. The zero-order chi connectivity index (χ0) is 24.3. The predicted octanol–water partition coefficient (Wildman–Crippen LogP) is -5.04. The van der Waals surface area contributed by atoms with Gasteiger partial charge < -0.3 is 42.6 Å². The van der Waals surface area contributed by atoms with E-state index in [1.807, 2.05) is 0 Å². The molecule has 0 saturated heterocycles. The van der Waals surface area contributed by atoms with Crippen molar-refractivity contribution in [1.29, 1.82) is 0 Å². The first-order valence-electron chi connectivity index (χ1n) is 11.1. The average molecular weight is 537 g/mol. The van der Waals surface area contributed by atoms with Crippen LogP contribution in [0.5, 0.6) is 0 Å². The van der Waals surface area contributed by atoms with Gasteiger partial charge in [-0.3, -0.25) is 8.42 Å². The van der Waals surface area contributed by atoms with Gasteiger partial charge in [0.15, 0.2) is 0 Å². The number of hydrogen-bond donors (Lipinski definition) is 1. The van der Waals surface area contributed by atoms with Crippen molar-refractivity contribution in [2.24, 2.45) is 5.92 Å². The Kier molecular flexibility index (Phi) is 43.4. The third kappa shape index (κ3) is 46.9. The fourth-order valence-electron chi connectivity index (χ4n) is 2.31. The number of aliphatic hydroxyl groups is 1. The van der Waals surface area contributed by atoms with Crippen LogP contribution >= 0.6 is 0 Å². The van der Waals surface area contributed by atoms with Crippen molar-refractivity contribution in [2.75, 3.05) is 85.9 Å². The van der Waals surface area contributed by atoms with Crippen LogP contribution in [0.25, 0.3) is 0 Å². The smallest absolute Gasteiger partial charge is 0.759 e. The molecule has 196 valence electrons. The van der Waals surface area contributed by atoms with Gasteiger partial charge in [-0.25, -0.2) is 0 Å². The molecule has 0 fully saturated rings. The van der Waals surface area contributed by atoms with E-state index in [4.69, 9.17) is 51.1 Å². The van der Waals surface area contributed by atoms with Crippen LogP contribution in [0.4, 0.5) is 0 Å². The van der Waals surface area contributed by atoms with Gasteiger partial charge in [-0.1, -0.05) is 33.1 Å². The summed E-state index contributed by atoms with van der Waals surface area (Å²) in [6, 6.07) is 0. The maximum atomic E-state index is 8.53. The minimum absolute atomic E-state index is 0. The molecule has 0 radical (unpaired) electrons. The Morgan fingerprint density at radius 1 is 0.676 bits per heavy atom. The summed E-state index contributed by atoms with van der Waals surface area (Å²) >= 11 is 0. The summed E-state index contributed by atoms with van der Waals surface area (Å²) in [4.78, 5) is 0. The summed E-state index contributed by atoms with van der Waals surface area (Å²) in [5, 5.41) is 8.53. The van der Waals surface area contributed by atoms with E-state index >= 15 is 0 Å². The molecule has 0 aliphatic rings. The molecule has 11 nitrogen and oxygen atoms in total. The van der Waals surface area contributed by atoms with Crippen LogP contribution in [0.1, 0.15) is 39.5 Å². The van der Waals surface area contributed by atoms with Gasteiger partial charge in [0.05, 0.1) is 79.3 Å². The number of unbranched alkanes of at least 4 members (excludes halogenated alkanes) is 1. The molecule has 0 aromatic rings. The van der Waals surface area contributed by atoms with E-state index < -0.39 is 10.4 Å². The number of rotatable bonds is 23. The molecule has 0 spiro atoms. The molecule has 0 rings (SSSR count). The van der Waals surface area contributed by atoms with Gasteiger partial charge in [-0.05, 0) is 12.3 Å². The van der Waals surface area contributed by atoms with Gasteiger partial charge in [0.25, 0.3) is 0 Å². The first-order valence-corrected chi connectivity index (χ1v) is 12.4. The minimum atomic E-state index is -5.17. The molecule has 0 aromatic heterocycles. The van der Waals surface area contributed by atoms with Crippen molar-refractivity contribution in [3.63, 3.8) is 0 Å². The molecule has 0 heterocycles. The van der Waals surface area contributed by atoms with Crippen molar-refractivity contribution in [1.82, 2.24) is 0 Å². The van der Waals surface area contributed by atoms with Crippen molar-refractivity contribution in [3.8, 4) is 0 Å². The molecule has 1 unspecified atom stereocenters. The Morgan fingerprint density at radius 2 is 1.00 bits per heavy atom. The summed E-state index contributed by atoms with van der Waals surface area (Å²) in [6.45, 7) is 11.3. The van der Waals surface area contributed by atoms with Crippen LogP contribution in [0.2, 0.25) is 0 Å². The van der Waals surface area contributed by atoms with Crippen molar-refractivity contribution < 1.29 is 110 Å². The molecular formula is C20H42Na2O11S. The second-order valence-electron chi connectivity index (χ2n) is 6.69. The zero-order valence-electron chi connectivity index (χ0n) is 21.5. The van der Waals surface area contributed by atoms with Crippen molar-refractivity contribution in [3.05, 3.63) is 0 Å². The summed E-state index contributed by atoms with van der Waals surface area (Å²) in [5.74, 6) is 0.679. The Hall–Kier alpha value is 1.59. The van der Waals surface area contributed by atoms with Crippen LogP contribution in [-0.4, -0.2) is 109 Å². The van der Waals surface area contributed by atoms with Crippen LogP contribution in [0.15, 0.2) is 0 Å². The first-order chi connectivity index (χ1) is 15.3. The largest absolute Gasteiger partial charge is 1.00 e. The van der Waals surface area contributed by atoms with E-state index in [2.05, 4.69) is 13.8 Å². The molecule has 0 aliphatic carbocycles. The third-order valence-corrected chi connectivity index (χ3v) is 3.99. The summed E-state index contributed by atoms with van der Waals surface area (Å²) in [6.07, 6.45) is 4.98. The van der Waals surface area contributed by atoms with Crippen LogP contribution < -0.4 is 59.1 Å². The van der Waals surface area contributed by atoms with E-state index in [1.54, 1.807) is 0 Å². The summed E-state index contributed by atoms with van der Waals surface area (Å²) in [5.41, 5.74) is 0. The van der Waals surface area contributed by atoms with Crippen molar-refractivity contribution >= 4 is 10.4 Å². The molecule has 14 heteroatoms. The van der Waals surface area contributed by atoms with Gasteiger partial charge in [-0.15, -0.1) is 0 Å². The number of ether oxygens (including phenoxy) is 6. The van der Waals surface area contributed by atoms with Crippen LogP contribution in [0.3, 0.4) is 0 Å². The standard InChI is InChI=1S/C20H42O7.2Na.H2O4S/c1-3-5-6-20(4-2)19-27-18-17-26-16-15-25-14-13-24-12-11-23-10-9-22-8-7-21;;;1-5(2,3)4/h20-21H,3-19H2,1-2H3;;;(H2,1,2,3,4)/q;2*+1;/p-2. The number of aliphatic hydroxyl groups excluding tert-OH is 1. The van der Waals surface area contributed by atoms with Crippen LogP contribution in [0, 0.1) is 5.92 Å². The van der Waals surface area contributed by atoms with Gasteiger partial charge in [0, 0.05) is 17.0 Å². The average Bonchev–Trinajstić information content (AvgIpc) is 2.73. The van der Waals surface area contributed by atoms with Crippen LogP contribution in [-0.2, 0) is 38.8 Å². The van der Waals surface area contributed by atoms with Gasteiger partial charge >= 0.3 is 59.1 Å². The monoisotopic (exact) mass is 536 g/mol. The second-order valence-corrected chi connectivity index (χ2v) is 7.50. The van der Waals surface area contributed by atoms with Gasteiger partial charge in [0.2, 0.25) is 0 Å². The Bertz CT molecular complexity index is 452. The topological polar surface area (TPSA) is 156 Å². The maximum absolute atomic E-state index is 8.53. The molecule has 0 amide bonds. The fraction of sp³-hybridized carbons (Fsp3) is 1.00. The van der Waals surface area contributed by atoms with Gasteiger partial charge in [-0.2, -0.15) is 0 Å². The predicted molar refractivity (Wildman–Crippen MR) is 116 cm³/mol. The van der Waals surface area contributed by atoms with E-state index in [0.717, 1.165) is 6.61 Å². The molecule has 34 heavy (non-hydrogen) atoms. The second kappa shape index (κ2) is 34.6. The quantitative estimate of drug-likeness (QED) is 0.0577. The molecule has 0 aromatic carbocycles. The number of hydrogen-bond acceptors (Lipinski definition) is 11.